The number of hydrogen-bond acceptors (Lipinski definition) is 8. The van der Waals surface area contributed by atoms with E-state index < -0.39 is 12.2 Å². The molecule has 0 saturated carbocycles. The summed E-state index contributed by atoms with van der Waals surface area (Å²) in [6.45, 7) is 4.78. The van der Waals surface area contributed by atoms with Gasteiger partial charge in [-0.2, -0.15) is 0 Å². The third kappa shape index (κ3) is 5.40. The molecule has 1 aromatic carbocycles. The van der Waals surface area contributed by atoms with Crippen LogP contribution >= 0.6 is 0 Å². The van der Waals surface area contributed by atoms with E-state index in [0.717, 1.165) is 0 Å². The minimum atomic E-state index is -0.719. The third-order valence-corrected chi connectivity index (χ3v) is 3.65. The first-order chi connectivity index (χ1) is 13.5. The maximum atomic E-state index is 12.2. The zero-order valence-electron chi connectivity index (χ0n) is 15.9. The Morgan fingerprint density at radius 1 is 1.11 bits per heavy atom. The van der Waals surface area contributed by atoms with Gasteiger partial charge in [-0.25, -0.2) is 14.6 Å². The number of carbonyl (C=O) groups is 2. The zero-order chi connectivity index (χ0) is 20.5. The number of anilines is 2. The lowest BCUT2D eigenvalue weighted by Crippen LogP contribution is -2.33. The van der Waals surface area contributed by atoms with Crippen molar-refractivity contribution in [1.82, 2.24) is 9.88 Å². The lowest BCUT2D eigenvalue weighted by molar-refractivity contribution is 0.157. The van der Waals surface area contributed by atoms with Crippen LogP contribution in [-0.2, 0) is 4.74 Å². The predicted molar refractivity (Wildman–Crippen MR) is 104 cm³/mol. The van der Waals surface area contributed by atoms with E-state index in [1.807, 2.05) is 13.8 Å². The summed E-state index contributed by atoms with van der Waals surface area (Å²) in [6.07, 6.45) is -1.20. The number of carbonyl (C=O) groups excluding carboxylic acids is 2. The van der Waals surface area contributed by atoms with Gasteiger partial charge < -0.3 is 20.1 Å². The second-order valence-electron chi connectivity index (χ2n) is 5.43. The Balaban J connectivity index is 2.28. The number of nitrogens with two attached hydrogens (primary N) is 1. The van der Waals surface area contributed by atoms with Gasteiger partial charge >= 0.3 is 12.2 Å². The topological polar surface area (TPSA) is 132 Å². The van der Waals surface area contributed by atoms with Crippen LogP contribution in [0.15, 0.2) is 46.6 Å². The summed E-state index contributed by atoms with van der Waals surface area (Å²) in [7, 11) is 1.23. The third-order valence-electron chi connectivity index (χ3n) is 3.65. The molecule has 0 fully saturated rings. The molecule has 0 spiro atoms. The van der Waals surface area contributed by atoms with E-state index in [4.69, 9.17) is 10.5 Å². The molecular formula is C18H22N6O4. The summed E-state index contributed by atoms with van der Waals surface area (Å²) in [5.41, 5.74) is 6.24. The Labute approximate surface area is 162 Å². The van der Waals surface area contributed by atoms with Gasteiger partial charge in [0.1, 0.15) is 17.2 Å². The molecule has 2 amide bonds. The number of nitrogen functional groups attached to an aromatic ring is 1. The average Bonchev–Trinajstić information content (AvgIpc) is 2.69. The number of nitrogens with zero attached hydrogens (tertiary/aromatic N) is 4. The van der Waals surface area contributed by atoms with Gasteiger partial charge in [0.25, 0.3) is 0 Å². The van der Waals surface area contributed by atoms with Crippen molar-refractivity contribution in [2.24, 2.45) is 10.2 Å². The molecule has 10 heteroatoms. The van der Waals surface area contributed by atoms with E-state index in [-0.39, 0.29) is 23.1 Å². The molecule has 0 aliphatic carbocycles. The molecule has 1 heterocycles. The lowest BCUT2D eigenvalue weighted by atomic mass is 10.3. The number of hydrogen-bond donors (Lipinski definition) is 2. The average molecular weight is 386 g/mol. The van der Waals surface area contributed by atoms with Gasteiger partial charge in [-0.1, -0.05) is 12.1 Å². The summed E-state index contributed by atoms with van der Waals surface area (Å²) in [5.74, 6) is 0.543. The minimum absolute atomic E-state index is 0.0909. The number of azo groups is 1. The van der Waals surface area contributed by atoms with Crippen LogP contribution in [0.4, 0.5) is 32.6 Å². The fourth-order valence-electron chi connectivity index (χ4n) is 2.16. The quantitative estimate of drug-likeness (QED) is 0.719. The lowest BCUT2D eigenvalue weighted by Gasteiger charge is -2.18. The standard InChI is InChI=1S/C18H22N6O4/c1-4-24(5-2)18(26)28-14-9-7-6-8-12(14)22-23-13-10-11-15(19)20-16(13)21-17(25)27-3/h6-11H,4-5H2,1-3H3,(H3,19,20,21,25). The van der Waals surface area contributed by atoms with Crippen LogP contribution in [0.3, 0.4) is 0 Å². The summed E-state index contributed by atoms with van der Waals surface area (Å²) in [4.78, 5) is 29.2. The molecule has 28 heavy (non-hydrogen) atoms. The Morgan fingerprint density at radius 2 is 1.79 bits per heavy atom. The fraction of sp³-hybridized carbons (Fsp3) is 0.278. The van der Waals surface area contributed by atoms with Crippen LogP contribution in [0.5, 0.6) is 5.75 Å². The molecule has 2 aromatic rings. The van der Waals surface area contributed by atoms with E-state index in [1.54, 1.807) is 30.3 Å². The molecule has 0 atom stereocenters. The molecular weight excluding hydrogens is 364 g/mol. The first-order valence-electron chi connectivity index (χ1n) is 8.57. The highest BCUT2D eigenvalue weighted by molar-refractivity contribution is 5.87. The SMILES string of the molecule is CCN(CC)C(=O)Oc1ccccc1N=Nc1ccc(N)nc1NC(=O)OC. The second kappa shape index (κ2) is 9.86. The number of amides is 2. The van der Waals surface area contributed by atoms with Crippen molar-refractivity contribution in [2.45, 2.75) is 13.8 Å². The highest BCUT2D eigenvalue weighted by Gasteiger charge is 2.14. The number of nitrogens with one attached hydrogen (secondary N) is 1. The smallest absolute Gasteiger partial charge is 0.415 e. The molecule has 3 N–H and O–H groups in total. The molecule has 0 aliphatic rings. The normalized spacial score (nSPS) is 10.5. The maximum absolute atomic E-state index is 12.2. The Morgan fingerprint density at radius 3 is 2.46 bits per heavy atom. The molecule has 0 bridgehead atoms. The summed E-state index contributed by atoms with van der Waals surface area (Å²) < 4.78 is 9.97. The van der Waals surface area contributed by atoms with E-state index >= 15 is 0 Å². The van der Waals surface area contributed by atoms with Crippen LogP contribution in [0, 0.1) is 0 Å². The summed E-state index contributed by atoms with van der Waals surface area (Å²) >= 11 is 0. The highest BCUT2D eigenvalue weighted by Crippen LogP contribution is 2.31. The highest BCUT2D eigenvalue weighted by atomic mass is 16.6. The van der Waals surface area contributed by atoms with Crippen LogP contribution in [0.2, 0.25) is 0 Å². The number of para-hydroxylation sites is 1. The number of rotatable bonds is 6. The van der Waals surface area contributed by atoms with Crippen molar-refractivity contribution in [2.75, 3.05) is 31.2 Å². The van der Waals surface area contributed by atoms with Crippen molar-refractivity contribution < 1.29 is 19.1 Å². The number of ether oxygens (including phenoxy) is 2. The number of pyridine rings is 1. The van der Waals surface area contributed by atoms with Gasteiger partial charge in [0.15, 0.2) is 11.6 Å². The van der Waals surface area contributed by atoms with Gasteiger partial charge in [0.2, 0.25) is 0 Å². The predicted octanol–water partition coefficient (Wildman–Crippen LogP) is 4.10. The summed E-state index contributed by atoms with van der Waals surface area (Å²) in [5, 5.41) is 10.6. The van der Waals surface area contributed by atoms with Crippen molar-refractivity contribution in [3.8, 4) is 5.75 Å². The van der Waals surface area contributed by atoms with E-state index in [1.165, 1.54) is 18.1 Å². The minimum Gasteiger partial charge on any atom is -0.453 e. The van der Waals surface area contributed by atoms with Gasteiger partial charge in [0.05, 0.1) is 7.11 Å². The molecule has 0 aliphatic heterocycles. The molecule has 1 aromatic heterocycles. The Kier molecular flexibility index (Phi) is 7.26. The van der Waals surface area contributed by atoms with Gasteiger partial charge in [-0.05, 0) is 38.1 Å². The van der Waals surface area contributed by atoms with Gasteiger partial charge in [-0.3, -0.25) is 5.32 Å². The zero-order valence-corrected chi connectivity index (χ0v) is 15.9. The van der Waals surface area contributed by atoms with E-state index in [0.29, 0.717) is 18.8 Å². The second-order valence-corrected chi connectivity index (χ2v) is 5.43. The van der Waals surface area contributed by atoms with Crippen LogP contribution < -0.4 is 15.8 Å². The van der Waals surface area contributed by atoms with Crippen molar-refractivity contribution in [3.63, 3.8) is 0 Å². The molecule has 0 radical (unpaired) electrons. The fourth-order valence-corrected chi connectivity index (χ4v) is 2.16. The molecule has 148 valence electrons. The molecule has 10 nitrogen and oxygen atoms in total. The monoisotopic (exact) mass is 386 g/mol. The molecule has 0 saturated heterocycles. The molecule has 0 unspecified atom stereocenters. The van der Waals surface area contributed by atoms with Crippen molar-refractivity contribution >= 4 is 35.2 Å². The Hall–Kier alpha value is -3.69. The number of methoxy groups -OCH3 is 1. The van der Waals surface area contributed by atoms with Gasteiger partial charge in [0, 0.05) is 13.1 Å². The Bertz CT molecular complexity index is 867. The van der Waals surface area contributed by atoms with E-state index in [9.17, 15) is 9.59 Å². The van der Waals surface area contributed by atoms with Crippen LogP contribution in [0.1, 0.15) is 13.8 Å². The van der Waals surface area contributed by atoms with Crippen LogP contribution in [-0.4, -0.2) is 42.3 Å². The largest absolute Gasteiger partial charge is 0.453 e. The van der Waals surface area contributed by atoms with Crippen molar-refractivity contribution in [1.29, 1.82) is 0 Å². The summed E-state index contributed by atoms with van der Waals surface area (Å²) in [6, 6.07) is 9.78. The maximum Gasteiger partial charge on any atom is 0.415 e. The van der Waals surface area contributed by atoms with Crippen LogP contribution in [0.25, 0.3) is 0 Å². The molecule has 2 rings (SSSR count). The number of benzene rings is 1. The van der Waals surface area contributed by atoms with Crippen molar-refractivity contribution in [3.05, 3.63) is 36.4 Å². The first kappa shape index (κ1) is 20.6. The first-order valence-corrected chi connectivity index (χ1v) is 8.57. The van der Waals surface area contributed by atoms with E-state index in [2.05, 4.69) is 25.3 Å². The van der Waals surface area contributed by atoms with Gasteiger partial charge in [-0.15, -0.1) is 10.2 Å². The number of aromatic nitrogens is 1.